The highest BCUT2D eigenvalue weighted by Gasteiger charge is 2.22. The van der Waals surface area contributed by atoms with Crippen LogP contribution in [0.2, 0.25) is 0 Å². The van der Waals surface area contributed by atoms with Crippen LogP contribution in [0.3, 0.4) is 0 Å². The van der Waals surface area contributed by atoms with E-state index in [0.717, 1.165) is 10.5 Å². The molecule has 4 unspecified atom stereocenters. The van der Waals surface area contributed by atoms with E-state index in [4.69, 9.17) is 0 Å². The topological polar surface area (TPSA) is 0 Å². The van der Waals surface area contributed by atoms with Crippen LogP contribution in [-0.4, -0.2) is 55.5 Å². The lowest BCUT2D eigenvalue weighted by Crippen LogP contribution is -2.26. The summed E-state index contributed by atoms with van der Waals surface area (Å²) < 4.78 is 0. The number of hydrogen-bond donors (Lipinski definition) is 2. The van der Waals surface area contributed by atoms with Crippen LogP contribution in [-0.2, 0) is 0 Å². The van der Waals surface area contributed by atoms with Crippen molar-refractivity contribution >= 4 is 72.3 Å². The first-order valence-electron chi connectivity index (χ1n) is 6.32. The van der Waals surface area contributed by atoms with E-state index < -0.39 is 0 Å². The van der Waals surface area contributed by atoms with Crippen LogP contribution in [0.25, 0.3) is 0 Å². The summed E-state index contributed by atoms with van der Waals surface area (Å²) in [5.41, 5.74) is 0. The Labute approximate surface area is 141 Å². The van der Waals surface area contributed by atoms with Crippen LogP contribution in [0.5, 0.6) is 0 Å². The van der Waals surface area contributed by atoms with Gasteiger partial charge in [-0.15, -0.1) is 0 Å². The largest absolute Gasteiger partial charge is 0.175 e. The van der Waals surface area contributed by atoms with Crippen LogP contribution in [0.15, 0.2) is 0 Å². The zero-order valence-electron chi connectivity index (χ0n) is 11.1. The molecular formula is C12H24S6. The second kappa shape index (κ2) is 10.8. The minimum atomic E-state index is 0.527. The van der Waals surface area contributed by atoms with E-state index in [-0.39, 0.29) is 0 Å². The Morgan fingerprint density at radius 2 is 1.44 bits per heavy atom. The van der Waals surface area contributed by atoms with Gasteiger partial charge >= 0.3 is 0 Å². The first-order chi connectivity index (χ1) is 8.58. The first kappa shape index (κ1) is 18.1. The summed E-state index contributed by atoms with van der Waals surface area (Å²) in [6.07, 6.45) is 0. The highest BCUT2D eigenvalue weighted by Crippen LogP contribution is 2.34. The molecule has 0 aliphatic carbocycles. The van der Waals surface area contributed by atoms with Gasteiger partial charge in [0, 0.05) is 55.5 Å². The van der Waals surface area contributed by atoms with Crippen LogP contribution in [0.4, 0.5) is 0 Å². The molecule has 0 aromatic rings. The highest BCUT2D eigenvalue weighted by atomic mass is 32.2. The van der Waals surface area contributed by atoms with Crippen molar-refractivity contribution in [2.24, 2.45) is 0 Å². The molecule has 1 aliphatic heterocycles. The molecule has 0 spiro atoms. The van der Waals surface area contributed by atoms with Crippen LogP contribution in [0.1, 0.15) is 13.8 Å². The highest BCUT2D eigenvalue weighted by molar-refractivity contribution is 8.09. The first-order valence-corrected chi connectivity index (χ1v) is 11.8. The normalized spacial score (nSPS) is 28.0. The second-order valence-corrected chi connectivity index (χ2v) is 11.3. The van der Waals surface area contributed by atoms with Crippen molar-refractivity contribution in [2.45, 2.75) is 34.8 Å². The average molecular weight is 361 g/mol. The van der Waals surface area contributed by atoms with E-state index in [1.807, 2.05) is 0 Å². The number of hydrogen-bond acceptors (Lipinski definition) is 6. The van der Waals surface area contributed by atoms with Crippen molar-refractivity contribution < 1.29 is 0 Å². The predicted octanol–water partition coefficient (Wildman–Crippen LogP) is 4.31. The number of thioether (sulfide) groups is 4. The van der Waals surface area contributed by atoms with Crippen molar-refractivity contribution in [1.82, 2.24) is 0 Å². The molecule has 0 N–H and O–H groups in total. The van der Waals surface area contributed by atoms with Crippen LogP contribution >= 0.6 is 72.3 Å². The van der Waals surface area contributed by atoms with Gasteiger partial charge in [0.25, 0.3) is 0 Å². The molecule has 0 amide bonds. The molecule has 0 saturated carbocycles. The smallest absolute Gasteiger partial charge is 0.0232 e. The second-order valence-electron chi connectivity index (χ2n) is 4.69. The molecule has 1 rings (SSSR count). The Hall–Kier alpha value is 2.10. The maximum atomic E-state index is 4.44. The molecule has 0 aromatic carbocycles. The van der Waals surface area contributed by atoms with Crippen molar-refractivity contribution in [2.75, 3.05) is 34.5 Å². The molecule has 0 nitrogen and oxygen atoms in total. The Bertz CT molecular complexity index is 189. The third-order valence-electron chi connectivity index (χ3n) is 2.32. The van der Waals surface area contributed by atoms with Crippen molar-refractivity contribution in [3.8, 4) is 0 Å². The van der Waals surface area contributed by atoms with E-state index in [1.165, 1.54) is 34.5 Å². The molecular weight excluding hydrogens is 337 g/mol. The molecule has 6 heteroatoms. The maximum absolute atomic E-state index is 4.44. The van der Waals surface area contributed by atoms with Gasteiger partial charge in [-0.1, -0.05) is 13.8 Å². The van der Waals surface area contributed by atoms with Crippen molar-refractivity contribution in [1.29, 1.82) is 0 Å². The molecule has 1 saturated heterocycles. The number of thiol groups is 2. The van der Waals surface area contributed by atoms with Crippen LogP contribution in [0, 0.1) is 0 Å². The lowest BCUT2D eigenvalue weighted by molar-refractivity contribution is 1.05. The minimum absolute atomic E-state index is 0.527. The standard InChI is InChI=1S/C12H24S6/c1-9(13)3-15-5-11-7-17-8-12(18-11)6-16-4-10(2)14/h9-14H,3-8H2,1-2H3. The van der Waals surface area contributed by atoms with Gasteiger partial charge in [0.2, 0.25) is 0 Å². The molecule has 1 heterocycles. The molecule has 0 radical (unpaired) electrons. The zero-order chi connectivity index (χ0) is 13.4. The van der Waals surface area contributed by atoms with E-state index in [2.05, 4.69) is 86.2 Å². The van der Waals surface area contributed by atoms with Gasteiger partial charge in [-0.3, -0.25) is 0 Å². The summed E-state index contributed by atoms with van der Waals surface area (Å²) in [5, 5.41) is 2.75. The van der Waals surface area contributed by atoms with E-state index in [9.17, 15) is 0 Å². The van der Waals surface area contributed by atoms with E-state index in [0.29, 0.717) is 10.5 Å². The third-order valence-corrected chi connectivity index (χ3v) is 9.48. The Kier molecular flexibility index (Phi) is 10.9. The lowest BCUT2D eigenvalue weighted by Gasteiger charge is -2.28. The summed E-state index contributed by atoms with van der Waals surface area (Å²) in [7, 11) is 0. The van der Waals surface area contributed by atoms with Gasteiger partial charge in [0.05, 0.1) is 0 Å². The van der Waals surface area contributed by atoms with Gasteiger partial charge in [-0.25, -0.2) is 0 Å². The van der Waals surface area contributed by atoms with Crippen molar-refractivity contribution in [3.05, 3.63) is 0 Å². The fourth-order valence-corrected chi connectivity index (χ4v) is 8.10. The summed E-state index contributed by atoms with van der Waals surface area (Å²) in [6.45, 7) is 4.36. The van der Waals surface area contributed by atoms with Crippen LogP contribution < -0.4 is 0 Å². The van der Waals surface area contributed by atoms with Gasteiger partial charge < -0.3 is 0 Å². The van der Waals surface area contributed by atoms with Gasteiger partial charge in [0.1, 0.15) is 0 Å². The fourth-order valence-electron chi connectivity index (χ4n) is 1.60. The Balaban J connectivity index is 2.11. The monoisotopic (exact) mass is 360 g/mol. The molecule has 1 aliphatic rings. The quantitative estimate of drug-likeness (QED) is 0.619. The SMILES string of the molecule is CC(S)CSCC1CSCC(CSCC(C)S)S1. The van der Waals surface area contributed by atoms with Gasteiger partial charge in [0.15, 0.2) is 0 Å². The summed E-state index contributed by atoms with van der Waals surface area (Å²) in [5.74, 6) is 7.63. The molecule has 108 valence electrons. The molecule has 4 atom stereocenters. The van der Waals surface area contributed by atoms with Crippen molar-refractivity contribution in [3.63, 3.8) is 0 Å². The molecule has 0 bridgehead atoms. The summed E-state index contributed by atoms with van der Waals surface area (Å²) in [6, 6.07) is 0. The minimum Gasteiger partial charge on any atom is -0.175 e. The van der Waals surface area contributed by atoms with E-state index >= 15 is 0 Å². The van der Waals surface area contributed by atoms with E-state index in [1.54, 1.807) is 0 Å². The lowest BCUT2D eigenvalue weighted by atomic mass is 10.5. The maximum Gasteiger partial charge on any atom is 0.0232 e. The summed E-state index contributed by atoms with van der Waals surface area (Å²) in [4.78, 5) is 0. The zero-order valence-corrected chi connectivity index (χ0v) is 16.1. The van der Waals surface area contributed by atoms with Gasteiger partial charge in [-0.05, 0) is 0 Å². The molecule has 1 fully saturated rings. The fraction of sp³-hybridized carbons (Fsp3) is 1.00. The van der Waals surface area contributed by atoms with Gasteiger partial charge in [-0.2, -0.15) is 72.3 Å². The summed E-state index contributed by atoms with van der Waals surface area (Å²) >= 11 is 17.4. The third kappa shape index (κ3) is 9.11. The molecule has 0 aromatic heterocycles. The Morgan fingerprint density at radius 1 is 1.00 bits per heavy atom. The average Bonchev–Trinajstić information content (AvgIpc) is 2.28. The molecule has 18 heavy (non-hydrogen) atoms. The Morgan fingerprint density at radius 3 is 1.83 bits per heavy atom. The predicted molar refractivity (Wildman–Crippen MR) is 104 cm³/mol. The number of rotatable bonds is 8.